The van der Waals surface area contributed by atoms with Crippen LogP contribution in [0, 0.1) is 0 Å². The van der Waals surface area contributed by atoms with Crippen molar-refractivity contribution in [1.29, 1.82) is 0 Å². The van der Waals surface area contributed by atoms with Crippen LogP contribution in [0.15, 0.2) is 0 Å². The first-order valence-electron chi connectivity index (χ1n) is 3.23. The van der Waals surface area contributed by atoms with E-state index in [1.165, 1.54) is 19.4 Å². The minimum Gasteiger partial charge on any atom is -0.347 e. The minimum absolute atomic E-state index is 0.439. The molecule has 0 spiro atoms. The molecule has 0 aliphatic carbocycles. The maximum absolute atomic E-state index is 5.68. The number of rotatable bonds is 0. The van der Waals surface area contributed by atoms with Crippen LogP contribution in [0.3, 0.4) is 0 Å². The van der Waals surface area contributed by atoms with E-state index in [-0.39, 0.29) is 0 Å². The summed E-state index contributed by atoms with van der Waals surface area (Å²) in [6.45, 7) is 2.31. The number of nitrogens with zero attached hydrogens (tertiary/aromatic N) is 1. The molecular weight excluding hydrogens is 98.9 g/mol. The van der Waals surface area contributed by atoms with Gasteiger partial charge in [-0.25, -0.2) is 0 Å². The van der Waals surface area contributed by atoms with Gasteiger partial charge in [-0.3, -0.25) is 0 Å². The molecule has 0 aromatic heterocycles. The first-order valence-corrected chi connectivity index (χ1v) is 3.23. The van der Waals surface area contributed by atoms with Crippen molar-refractivity contribution in [3.63, 3.8) is 0 Å². The lowest BCUT2D eigenvalue weighted by molar-refractivity contribution is 0.331. The second-order valence-electron chi connectivity index (χ2n) is 2.66. The highest BCUT2D eigenvalue weighted by atomic mass is 15.1. The predicted octanol–water partition coefficient (Wildman–Crippen LogP) is -1.04. The van der Waals surface area contributed by atoms with Gasteiger partial charge < -0.3 is 10.5 Å². The summed E-state index contributed by atoms with van der Waals surface area (Å²) in [7, 11) is 2.12. The fourth-order valence-electron chi connectivity index (χ4n) is 1.21. The van der Waals surface area contributed by atoms with Crippen molar-refractivity contribution < 1.29 is 0 Å². The van der Waals surface area contributed by atoms with Gasteiger partial charge in [0.05, 0.1) is 0 Å². The van der Waals surface area contributed by atoms with E-state index in [0.29, 0.717) is 6.04 Å². The van der Waals surface area contributed by atoms with Gasteiger partial charge in [0.25, 0.3) is 0 Å². The molecule has 8 heavy (non-hydrogen) atoms. The molecule has 1 atom stereocenters. The highest BCUT2D eigenvalue weighted by molar-refractivity contribution is 6.04. The Morgan fingerprint density at radius 1 is 1.62 bits per heavy atom. The maximum atomic E-state index is 5.68. The van der Waals surface area contributed by atoms with E-state index in [9.17, 15) is 0 Å². The van der Waals surface area contributed by atoms with Gasteiger partial charge in [-0.2, -0.15) is 0 Å². The molecule has 2 nitrogen and oxygen atoms in total. The zero-order valence-electron chi connectivity index (χ0n) is 5.43. The Morgan fingerprint density at radius 3 is 2.75 bits per heavy atom. The first kappa shape index (κ1) is 6.11. The van der Waals surface area contributed by atoms with E-state index in [2.05, 4.69) is 12.8 Å². The molecular formula is C5H13BN2. The summed E-state index contributed by atoms with van der Waals surface area (Å²) in [5.74, 6) is 0. The highest BCUT2D eigenvalue weighted by Crippen LogP contribution is 2.03. The molecule has 3 heteroatoms. The highest BCUT2D eigenvalue weighted by Gasteiger charge is 2.11. The average Bonchev–Trinajstić information content (AvgIpc) is 1.64. The number of piperidine rings is 1. The molecule has 1 fully saturated rings. The zero-order chi connectivity index (χ0) is 5.98. The summed E-state index contributed by atoms with van der Waals surface area (Å²) >= 11 is 0. The Morgan fingerprint density at radius 2 is 2.38 bits per heavy atom. The second kappa shape index (κ2) is 2.51. The smallest absolute Gasteiger partial charge is 0.185 e. The van der Waals surface area contributed by atoms with E-state index in [1.54, 1.807) is 0 Å². The molecule has 0 bridgehead atoms. The van der Waals surface area contributed by atoms with E-state index in [1.807, 2.05) is 0 Å². The summed E-state index contributed by atoms with van der Waals surface area (Å²) < 4.78 is 0. The van der Waals surface area contributed by atoms with Crippen LogP contribution in [0.5, 0.6) is 0 Å². The maximum Gasteiger partial charge on any atom is 0.185 e. The van der Waals surface area contributed by atoms with Crippen molar-refractivity contribution in [2.24, 2.45) is 5.73 Å². The molecule has 1 unspecified atom stereocenters. The third-order valence-electron chi connectivity index (χ3n) is 1.66. The Bertz CT molecular complexity index is 68.8. The topological polar surface area (TPSA) is 29.3 Å². The molecule has 0 radical (unpaired) electrons. The fourth-order valence-corrected chi connectivity index (χ4v) is 1.21. The van der Waals surface area contributed by atoms with Crippen LogP contribution in [0.1, 0.15) is 12.8 Å². The van der Waals surface area contributed by atoms with Gasteiger partial charge in [0.15, 0.2) is 7.98 Å². The van der Waals surface area contributed by atoms with Crippen molar-refractivity contribution in [3.8, 4) is 0 Å². The van der Waals surface area contributed by atoms with Crippen LogP contribution in [0.4, 0.5) is 0 Å². The molecule has 0 aromatic rings. The third kappa shape index (κ3) is 1.49. The zero-order valence-corrected chi connectivity index (χ0v) is 5.43. The van der Waals surface area contributed by atoms with Gasteiger partial charge >= 0.3 is 0 Å². The number of nitrogens with two attached hydrogens (primary N) is 1. The third-order valence-corrected chi connectivity index (χ3v) is 1.66. The molecule has 1 heterocycles. The van der Waals surface area contributed by atoms with Crippen molar-refractivity contribution in [3.05, 3.63) is 0 Å². The van der Waals surface area contributed by atoms with Gasteiger partial charge in [-0.05, 0) is 19.4 Å². The van der Waals surface area contributed by atoms with Crippen molar-refractivity contribution in [1.82, 2.24) is 4.81 Å². The van der Waals surface area contributed by atoms with Crippen LogP contribution in [-0.2, 0) is 0 Å². The van der Waals surface area contributed by atoms with E-state index in [0.717, 1.165) is 6.54 Å². The largest absolute Gasteiger partial charge is 0.347 e. The second-order valence-corrected chi connectivity index (χ2v) is 2.66. The monoisotopic (exact) mass is 112 g/mol. The minimum atomic E-state index is 0.439. The number of hydrogen-bond acceptors (Lipinski definition) is 2. The summed E-state index contributed by atoms with van der Waals surface area (Å²) in [5.41, 5.74) is 5.68. The normalized spacial score (nSPS) is 32.9. The Labute approximate surface area is 51.5 Å². The Kier molecular flexibility index (Phi) is 1.92. The van der Waals surface area contributed by atoms with Crippen LogP contribution < -0.4 is 5.73 Å². The van der Waals surface area contributed by atoms with Gasteiger partial charge in [0, 0.05) is 12.6 Å². The van der Waals surface area contributed by atoms with Crippen LogP contribution >= 0.6 is 0 Å². The first-order chi connectivity index (χ1) is 3.79. The van der Waals surface area contributed by atoms with Crippen molar-refractivity contribution in [2.75, 3.05) is 13.1 Å². The van der Waals surface area contributed by atoms with E-state index >= 15 is 0 Å². The molecule has 1 aliphatic rings. The molecule has 1 saturated heterocycles. The summed E-state index contributed by atoms with van der Waals surface area (Å²) in [6.07, 6.45) is 2.49. The van der Waals surface area contributed by atoms with Crippen molar-refractivity contribution >= 4 is 7.98 Å². The summed E-state index contributed by atoms with van der Waals surface area (Å²) in [6, 6.07) is 0.439. The summed E-state index contributed by atoms with van der Waals surface area (Å²) in [5, 5.41) is 0. The molecule has 0 amide bonds. The van der Waals surface area contributed by atoms with Crippen LogP contribution in [0.2, 0.25) is 0 Å². The molecule has 1 rings (SSSR count). The fraction of sp³-hybridized carbons (Fsp3) is 1.00. The Hall–Kier alpha value is -0.0151. The molecule has 2 N–H and O–H groups in total. The van der Waals surface area contributed by atoms with E-state index in [4.69, 9.17) is 5.73 Å². The SMILES string of the molecule is BN1CCCC(N)C1. The van der Waals surface area contributed by atoms with Crippen LogP contribution in [-0.4, -0.2) is 31.9 Å². The lowest BCUT2D eigenvalue weighted by atomic mass is 10.0. The Balaban J connectivity index is 2.23. The molecule has 46 valence electrons. The van der Waals surface area contributed by atoms with Crippen LogP contribution in [0.25, 0.3) is 0 Å². The quantitative estimate of drug-likeness (QED) is 0.405. The van der Waals surface area contributed by atoms with Gasteiger partial charge in [0.1, 0.15) is 0 Å². The lowest BCUT2D eigenvalue weighted by Crippen LogP contribution is -2.41. The summed E-state index contributed by atoms with van der Waals surface area (Å²) in [4.78, 5) is 2.29. The lowest BCUT2D eigenvalue weighted by Gasteiger charge is -2.27. The standard InChI is InChI=1S/C5H13BN2/c6-8-3-1-2-5(7)4-8/h5H,1-4,6-7H2. The molecule has 1 aliphatic heterocycles. The average molecular weight is 112 g/mol. The predicted molar refractivity (Wildman–Crippen MR) is 37.3 cm³/mol. The number of hydrogen-bond donors (Lipinski definition) is 1. The van der Waals surface area contributed by atoms with Gasteiger partial charge in [-0.1, -0.05) is 0 Å². The van der Waals surface area contributed by atoms with Gasteiger partial charge in [0.2, 0.25) is 0 Å². The molecule has 0 aromatic carbocycles. The van der Waals surface area contributed by atoms with Crippen molar-refractivity contribution in [2.45, 2.75) is 18.9 Å². The molecule has 0 saturated carbocycles. The van der Waals surface area contributed by atoms with Gasteiger partial charge in [-0.15, -0.1) is 0 Å². The van der Waals surface area contributed by atoms with E-state index < -0.39 is 0 Å².